The number of hydrogen-bond donors (Lipinski definition) is 1. The molecular weight excluding hydrogens is 410 g/mol. The number of pyridine rings is 1. The lowest BCUT2D eigenvalue weighted by atomic mass is 10.1. The lowest BCUT2D eigenvalue weighted by Crippen LogP contribution is -2.33. The van der Waals surface area contributed by atoms with Gasteiger partial charge in [-0.05, 0) is 50.3 Å². The van der Waals surface area contributed by atoms with Crippen LogP contribution in [0.2, 0.25) is 0 Å². The molecule has 2 aromatic heterocycles. The molecule has 7 nitrogen and oxygen atoms in total. The Balaban J connectivity index is 1.48. The molecule has 31 heavy (non-hydrogen) atoms. The van der Waals surface area contributed by atoms with Crippen LogP contribution in [0.5, 0.6) is 0 Å². The Bertz CT molecular complexity index is 1110. The fourth-order valence-corrected chi connectivity index (χ4v) is 5.79. The first-order chi connectivity index (χ1) is 15.0. The molecule has 1 atom stereocenters. The predicted octanol–water partition coefficient (Wildman–Crippen LogP) is 4.02. The van der Waals surface area contributed by atoms with Crippen molar-refractivity contribution in [2.45, 2.75) is 38.6 Å². The molecule has 0 bridgehead atoms. The molecule has 1 saturated heterocycles. The van der Waals surface area contributed by atoms with Gasteiger partial charge in [-0.15, -0.1) is 0 Å². The van der Waals surface area contributed by atoms with E-state index in [1.807, 2.05) is 49.4 Å². The van der Waals surface area contributed by atoms with Crippen LogP contribution in [-0.2, 0) is 16.4 Å². The Morgan fingerprint density at radius 3 is 2.77 bits per heavy atom. The van der Waals surface area contributed by atoms with Gasteiger partial charge in [-0.2, -0.15) is 4.31 Å². The summed E-state index contributed by atoms with van der Waals surface area (Å²) in [5.41, 5.74) is 3.60. The van der Waals surface area contributed by atoms with Crippen molar-refractivity contribution >= 4 is 21.5 Å². The SMILES string of the molecule is Cc1cc(Nc2cnccn2)cc([C@H]2CCCN2S(=O)(=O)CCCc2ccccc2)n1. The summed E-state index contributed by atoms with van der Waals surface area (Å²) in [6.07, 6.45) is 7.87. The van der Waals surface area contributed by atoms with Crippen molar-refractivity contribution in [2.24, 2.45) is 0 Å². The van der Waals surface area contributed by atoms with E-state index < -0.39 is 10.0 Å². The van der Waals surface area contributed by atoms with Crippen LogP contribution in [-0.4, -0.2) is 40.0 Å². The van der Waals surface area contributed by atoms with Crippen LogP contribution in [0.1, 0.15) is 42.3 Å². The molecule has 8 heteroatoms. The maximum Gasteiger partial charge on any atom is 0.214 e. The normalized spacial score (nSPS) is 17.0. The Hall–Kier alpha value is -2.84. The first-order valence-electron chi connectivity index (χ1n) is 10.6. The zero-order chi connectivity index (χ0) is 21.7. The van der Waals surface area contributed by atoms with Crippen LogP contribution in [0.4, 0.5) is 11.5 Å². The first kappa shape index (κ1) is 21.4. The zero-order valence-electron chi connectivity index (χ0n) is 17.6. The molecule has 1 aromatic carbocycles. The summed E-state index contributed by atoms with van der Waals surface area (Å²) in [5, 5.41) is 3.23. The average Bonchev–Trinajstić information content (AvgIpc) is 3.26. The molecule has 0 unspecified atom stereocenters. The quantitative estimate of drug-likeness (QED) is 0.573. The predicted molar refractivity (Wildman–Crippen MR) is 122 cm³/mol. The van der Waals surface area contributed by atoms with Crippen LogP contribution in [0, 0.1) is 6.92 Å². The highest BCUT2D eigenvalue weighted by molar-refractivity contribution is 7.89. The summed E-state index contributed by atoms with van der Waals surface area (Å²) in [4.78, 5) is 13.0. The minimum absolute atomic E-state index is 0.148. The molecule has 4 rings (SSSR count). The number of anilines is 2. The maximum atomic E-state index is 13.1. The van der Waals surface area contributed by atoms with Gasteiger partial charge in [0, 0.05) is 30.3 Å². The standard InChI is InChI=1S/C23H27N5O2S/c1-18-15-20(27-23-17-24-11-12-25-23)16-21(26-18)22-10-5-13-28(22)31(29,30)14-6-9-19-7-3-2-4-8-19/h2-4,7-8,11-12,15-17,22H,5-6,9-10,13-14H2,1H3,(H,25,26,27)/t22-/m1/s1. The van der Waals surface area contributed by atoms with Gasteiger partial charge in [0.1, 0.15) is 5.82 Å². The molecule has 1 aliphatic rings. The monoisotopic (exact) mass is 437 g/mol. The van der Waals surface area contributed by atoms with Gasteiger partial charge in [0.25, 0.3) is 0 Å². The van der Waals surface area contributed by atoms with E-state index in [1.165, 1.54) is 0 Å². The zero-order valence-corrected chi connectivity index (χ0v) is 18.4. The van der Waals surface area contributed by atoms with Crippen LogP contribution in [0.15, 0.2) is 61.1 Å². The third-order valence-corrected chi connectivity index (χ3v) is 7.38. The second-order valence-corrected chi connectivity index (χ2v) is 9.85. The molecule has 0 amide bonds. The van der Waals surface area contributed by atoms with Gasteiger partial charge >= 0.3 is 0 Å². The lowest BCUT2D eigenvalue weighted by Gasteiger charge is -2.24. The molecule has 3 heterocycles. The number of aromatic nitrogens is 3. The van der Waals surface area contributed by atoms with E-state index in [9.17, 15) is 8.42 Å². The van der Waals surface area contributed by atoms with Crippen LogP contribution < -0.4 is 5.32 Å². The van der Waals surface area contributed by atoms with Gasteiger partial charge in [-0.25, -0.2) is 13.4 Å². The van der Waals surface area contributed by atoms with Crippen molar-refractivity contribution in [3.05, 3.63) is 78.0 Å². The summed E-state index contributed by atoms with van der Waals surface area (Å²) >= 11 is 0. The first-order valence-corrected chi connectivity index (χ1v) is 12.2. The fraction of sp³-hybridized carbons (Fsp3) is 0.348. The molecule has 3 aromatic rings. The number of nitrogens with zero attached hydrogens (tertiary/aromatic N) is 4. The van der Waals surface area contributed by atoms with E-state index in [2.05, 4.69) is 20.3 Å². The Kier molecular flexibility index (Phi) is 6.58. The van der Waals surface area contributed by atoms with Crippen molar-refractivity contribution in [3.8, 4) is 0 Å². The molecule has 1 fully saturated rings. The molecule has 0 saturated carbocycles. The van der Waals surface area contributed by atoms with Crippen molar-refractivity contribution in [1.82, 2.24) is 19.3 Å². The maximum absolute atomic E-state index is 13.1. The second-order valence-electron chi connectivity index (χ2n) is 7.81. The number of sulfonamides is 1. The number of hydrogen-bond acceptors (Lipinski definition) is 6. The summed E-state index contributed by atoms with van der Waals surface area (Å²) in [7, 11) is -3.36. The summed E-state index contributed by atoms with van der Waals surface area (Å²) in [6.45, 7) is 2.46. The number of rotatable bonds is 8. The van der Waals surface area contributed by atoms with E-state index in [4.69, 9.17) is 0 Å². The third kappa shape index (κ3) is 5.45. The third-order valence-electron chi connectivity index (χ3n) is 5.42. The van der Waals surface area contributed by atoms with Crippen molar-refractivity contribution in [1.29, 1.82) is 0 Å². The van der Waals surface area contributed by atoms with Crippen LogP contribution in [0.25, 0.3) is 0 Å². The minimum Gasteiger partial charge on any atom is -0.339 e. The molecular formula is C23H27N5O2S. The fourth-order valence-electron chi connectivity index (χ4n) is 4.04. The van der Waals surface area contributed by atoms with E-state index in [1.54, 1.807) is 22.9 Å². The molecule has 0 spiro atoms. The van der Waals surface area contributed by atoms with Crippen molar-refractivity contribution in [3.63, 3.8) is 0 Å². The Morgan fingerprint density at radius 1 is 1.16 bits per heavy atom. The summed E-state index contributed by atoms with van der Waals surface area (Å²) in [6, 6.07) is 13.6. The van der Waals surface area contributed by atoms with E-state index >= 15 is 0 Å². The van der Waals surface area contributed by atoms with Gasteiger partial charge in [0.2, 0.25) is 10.0 Å². The van der Waals surface area contributed by atoms with Gasteiger partial charge in [0.15, 0.2) is 0 Å². The van der Waals surface area contributed by atoms with Crippen molar-refractivity contribution in [2.75, 3.05) is 17.6 Å². The summed E-state index contributed by atoms with van der Waals surface area (Å²) < 4.78 is 27.9. The van der Waals surface area contributed by atoms with E-state index in [0.717, 1.165) is 41.9 Å². The van der Waals surface area contributed by atoms with Gasteiger partial charge in [0.05, 0.1) is 23.7 Å². The topological polar surface area (TPSA) is 88.1 Å². The van der Waals surface area contributed by atoms with Gasteiger partial charge < -0.3 is 5.32 Å². The smallest absolute Gasteiger partial charge is 0.214 e. The highest BCUT2D eigenvalue weighted by Crippen LogP contribution is 2.35. The summed E-state index contributed by atoms with van der Waals surface area (Å²) in [5.74, 6) is 0.783. The van der Waals surface area contributed by atoms with Crippen LogP contribution >= 0.6 is 0 Å². The van der Waals surface area contributed by atoms with Crippen molar-refractivity contribution < 1.29 is 8.42 Å². The lowest BCUT2D eigenvalue weighted by molar-refractivity contribution is 0.389. The Labute approximate surface area is 183 Å². The number of nitrogens with one attached hydrogen (secondary N) is 1. The molecule has 162 valence electrons. The molecule has 1 N–H and O–H groups in total. The van der Waals surface area contributed by atoms with Gasteiger partial charge in [-0.3, -0.25) is 9.97 Å². The minimum atomic E-state index is -3.36. The largest absolute Gasteiger partial charge is 0.339 e. The highest BCUT2D eigenvalue weighted by atomic mass is 32.2. The molecule has 0 aliphatic carbocycles. The van der Waals surface area contributed by atoms with E-state index in [-0.39, 0.29) is 11.8 Å². The average molecular weight is 438 g/mol. The number of benzene rings is 1. The number of aryl methyl sites for hydroxylation is 2. The molecule has 1 aliphatic heterocycles. The highest BCUT2D eigenvalue weighted by Gasteiger charge is 2.35. The second kappa shape index (κ2) is 9.53. The Morgan fingerprint density at radius 2 is 2.00 bits per heavy atom. The van der Waals surface area contributed by atoms with Gasteiger partial charge in [-0.1, -0.05) is 30.3 Å². The van der Waals surface area contributed by atoms with Crippen LogP contribution in [0.3, 0.4) is 0 Å². The van der Waals surface area contributed by atoms with E-state index in [0.29, 0.717) is 18.8 Å². The molecule has 0 radical (unpaired) electrons.